The van der Waals surface area contributed by atoms with E-state index in [0.29, 0.717) is 11.7 Å². The number of carbonyl (C=O) groups excluding carboxylic acids is 1. The van der Waals surface area contributed by atoms with Crippen LogP contribution in [0, 0.1) is 0 Å². The molecule has 2 aromatic heterocycles. The van der Waals surface area contributed by atoms with E-state index in [9.17, 15) is 4.79 Å². The van der Waals surface area contributed by atoms with Gasteiger partial charge in [-0.2, -0.15) is 0 Å². The molecule has 0 spiro atoms. The normalized spacial score (nSPS) is 14.7. The fourth-order valence-electron chi connectivity index (χ4n) is 2.75. The van der Waals surface area contributed by atoms with Crippen molar-refractivity contribution in [3.63, 3.8) is 0 Å². The number of hydrogen-bond donors (Lipinski definition) is 2. The van der Waals surface area contributed by atoms with Crippen LogP contribution >= 0.6 is 0 Å². The van der Waals surface area contributed by atoms with Gasteiger partial charge in [-0.05, 0) is 72.2 Å². The fourth-order valence-corrected chi connectivity index (χ4v) is 2.75. The Morgan fingerprint density at radius 1 is 1.15 bits per heavy atom. The Labute approximate surface area is 150 Å². The summed E-state index contributed by atoms with van der Waals surface area (Å²) in [6.45, 7) is 1.93. The smallest absolute Gasteiger partial charge is 0.319 e. The zero-order valence-corrected chi connectivity index (χ0v) is 14.3. The first-order valence-corrected chi connectivity index (χ1v) is 8.56. The molecule has 26 heavy (non-hydrogen) atoms. The van der Waals surface area contributed by atoms with E-state index >= 15 is 0 Å². The van der Waals surface area contributed by atoms with E-state index < -0.39 is 0 Å². The van der Waals surface area contributed by atoms with Gasteiger partial charge < -0.3 is 10.6 Å². The lowest BCUT2D eigenvalue weighted by Gasteiger charge is -2.15. The van der Waals surface area contributed by atoms with Crippen LogP contribution in [-0.2, 0) is 0 Å². The Morgan fingerprint density at radius 3 is 2.58 bits per heavy atom. The lowest BCUT2D eigenvalue weighted by atomic mass is 10.1. The first-order valence-electron chi connectivity index (χ1n) is 8.56. The molecule has 8 heteroatoms. The monoisotopic (exact) mass is 349 g/mol. The van der Waals surface area contributed by atoms with Crippen LogP contribution in [0.25, 0.3) is 11.4 Å². The number of pyridine rings is 1. The van der Waals surface area contributed by atoms with Crippen LogP contribution in [0.4, 0.5) is 10.5 Å². The average Bonchev–Trinajstić information content (AvgIpc) is 3.40. The van der Waals surface area contributed by atoms with Crippen molar-refractivity contribution in [3.8, 4) is 11.4 Å². The van der Waals surface area contributed by atoms with Gasteiger partial charge in [0, 0.05) is 23.6 Å². The molecule has 1 unspecified atom stereocenters. The number of nitrogens with zero attached hydrogens (tertiary/aromatic N) is 5. The van der Waals surface area contributed by atoms with Crippen LogP contribution in [0.3, 0.4) is 0 Å². The zero-order chi connectivity index (χ0) is 17.9. The van der Waals surface area contributed by atoms with Crippen LogP contribution < -0.4 is 10.6 Å². The molecule has 132 valence electrons. The standard InChI is InChI=1S/C18H19N7O/c1-12(13-8-10-19-11-9-13)20-18(26)21-15-4-2-14(3-5-15)17-22-23-24-25(17)16-6-7-16/h2-5,8-12,16H,6-7H2,1H3,(H2,20,21,26). The molecular formula is C18H19N7O. The van der Waals surface area contributed by atoms with Crippen LogP contribution in [0.1, 0.15) is 37.4 Å². The molecule has 0 radical (unpaired) electrons. The van der Waals surface area contributed by atoms with E-state index in [0.717, 1.165) is 29.8 Å². The van der Waals surface area contributed by atoms with Gasteiger partial charge in [0.05, 0.1) is 12.1 Å². The van der Waals surface area contributed by atoms with E-state index in [1.807, 2.05) is 48.0 Å². The molecule has 3 aromatic rings. The molecule has 1 saturated carbocycles. The van der Waals surface area contributed by atoms with Gasteiger partial charge in [0.25, 0.3) is 0 Å². The first kappa shape index (κ1) is 16.2. The molecule has 2 N–H and O–H groups in total. The molecule has 0 aliphatic heterocycles. The third-order valence-electron chi connectivity index (χ3n) is 4.34. The highest BCUT2D eigenvalue weighted by molar-refractivity contribution is 5.89. The van der Waals surface area contributed by atoms with Gasteiger partial charge in [-0.1, -0.05) is 0 Å². The number of aromatic nitrogens is 5. The molecule has 4 rings (SSSR count). The minimum absolute atomic E-state index is 0.111. The van der Waals surface area contributed by atoms with Crippen LogP contribution in [0.15, 0.2) is 48.8 Å². The van der Waals surface area contributed by atoms with Crippen LogP contribution in [-0.4, -0.2) is 31.2 Å². The zero-order valence-electron chi connectivity index (χ0n) is 14.3. The molecule has 2 amide bonds. The molecule has 1 aromatic carbocycles. The lowest BCUT2D eigenvalue weighted by molar-refractivity contribution is 0.249. The largest absolute Gasteiger partial charge is 0.331 e. The summed E-state index contributed by atoms with van der Waals surface area (Å²) in [5, 5.41) is 17.7. The topological polar surface area (TPSA) is 97.6 Å². The maximum Gasteiger partial charge on any atom is 0.319 e. The third-order valence-corrected chi connectivity index (χ3v) is 4.34. The Balaban J connectivity index is 1.39. The number of amides is 2. The number of hydrogen-bond acceptors (Lipinski definition) is 5. The first-order chi connectivity index (χ1) is 12.7. The predicted octanol–water partition coefficient (Wildman–Crippen LogP) is 2.95. The average molecular weight is 349 g/mol. The second-order valence-corrected chi connectivity index (χ2v) is 6.36. The number of rotatable bonds is 5. The quantitative estimate of drug-likeness (QED) is 0.738. The maximum atomic E-state index is 12.2. The number of nitrogens with one attached hydrogen (secondary N) is 2. The highest BCUT2D eigenvalue weighted by atomic mass is 16.2. The summed E-state index contributed by atoms with van der Waals surface area (Å²) in [6, 6.07) is 11.3. The van der Waals surface area contributed by atoms with E-state index in [1.165, 1.54) is 0 Å². The fraction of sp³-hybridized carbons (Fsp3) is 0.278. The summed E-state index contributed by atoms with van der Waals surface area (Å²) < 4.78 is 1.87. The van der Waals surface area contributed by atoms with Gasteiger partial charge in [-0.25, -0.2) is 9.48 Å². The van der Waals surface area contributed by atoms with Gasteiger partial charge in [0.2, 0.25) is 0 Å². The van der Waals surface area contributed by atoms with E-state index in [4.69, 9.17) is 0 Å². The van der Waals surface area contributed by atoms with Gasteiger partial charge in [-0.3, -0.25) is 4.98 Å². The number of urea groups is 1. The van der Waals surface area contributed by atoms with E-state index in [1.54, 1.807) is 12.4 Å². The second kappa shape index (κ2) is 6.91. The van der Waals surface area contributed by atoms with E-state index in [-0.39, 0.29) is 12.1 Å². The molecule has 0 bridgehead atoms. The Bertz CT molecular complexity index is 887. The third kappa shape index (κ3) is 3.53. The van der Waals surface area contributed by atoms with Crippen molar-refractivity contribution in [3.05, 3.63) is 54.4 Å². The lowest BCUT2D eigenvalue weighted by Crippen LogP contribution is -2.31. The minimum atomic E-state index is -0.259. The van der Waals surface area contributed by atoms with Gasteiger partial charge >= 0.3 is 6.03 Å². The highest BCUT2D eigenvalue weighted by Gasteiger charge is 2.28. The van der Waals surface area contributed by atoms with Crippen molar-refractivity contribution in [1.82, 2.24) is 30.5 Å². The highest BCUT2D eigenvalue weighted by Crippen LogP contribution is 2.36. The summed E-state index contributed by atoms with van der Waals surface area (Å²) in [4.78, 5) is 16.2. The van der Waals surface area contributed by atoms with Crippen molar-refractivity contribution in [2.24, 2.45) is 0 Å². The molecular weight excluding hydrogens is 330 g/mol. The summed E-state index contributed by atoms with van der Waals surface area (Å²) in [6.07, 6.45) is 5.65. The molecule has 1 aliphatic rings. The van der Waals surface area contributed by atoms with Crippen LogP contribution in [0.5, 0.6) is 0 Å². The van der Waals surface area contributed by atoms with E-state index in [2.05, 4.69) is 31.1 Å². The molecule has 0 saturated heterocycles. The van der Waals surface area contributed by atoms with Crippen molar-refractivity contribution < 1.29 is 4.79 Å². The SMILES string of the molecule is CC(NC(=O)Nc1ccc(-c2nnnn2C2CC2)cc1)c1ccncc1. The van der Waals surface area contributed by atoms with Gasteiger partial charge in [0.15, 0.2) is 5.82 Å². The summed E-state index contributed by atoms with van der Waals surface area (Å²) in [5.74, 6) is 0.759. The minimum Gasteiger partial charge on any atom is -0.331 e. The Kier molecular flexibility index (Phi) is 4.30. The number of tetrazole rings is 1. The molecule has 1 atom stereocenters. The van der Waals surface area contributed by atoms with Gasteiger partial charge in [-0.15, -0.1) is 5.10 Å². The molecule has 1 fully saturated rings. The molecule has 8 nitrogen and oxygen atoms in total. The number of carbonyl (C=O) groups is 1. The summed E-state index contributed by atoms with van der Waals surface area (Å²) in [7, 11) is 0. The Morgan fingerprint density at radius 2 is 1.88 bits per heavy atom. The summed E-state index contributed by atoms with van der Waals surface area (Å²) in [5.41, 5.74) is 2.63. The molecule has 1 aliphatic carbocycles. The predicted molar refractivity (Wildman–Crippen MR) is 96.3 cm³/mol. The van der Waals surface area contributed by atoms with Crippen molar-refractivity contribution >= 4 is 11.7 Å². The van der Waals surface area contributed by atoms with Crippen molar-refractivity contribution in [2.45, 2.75) is 31.8 Å². The number of benzene rings is 1. The van der Waals surface area contributed by atoms with Crippen molar-refractivity contribution in [2.75, 3.05) is 5.32 Å². The summed E-state index contributed by atoms with van der Waals surface area (Å²) >= 11 is 0. The van der Waals surface area contributed by atoms with Crippen LogP contribution in [0.2, 0.25) is 0 Å². The van der Waals surface area contributed by atoms with Gasteiger partial charge in [0.1, 0.15) is 0 Å². The second-order valence-electron chi connectivity index (χ2n) is 6.36. The Hall–Kier alpha value is -3.29. The number of anilines is 1. The van der Waals surface area contributed by atoms with Crippen molar-refractivity contribution in [1.29, 1.82) is 0 Å². The molecule has 2 heterocycles. The maximum absolute atomic E-state index is 12.2.